The fourth-order valence-corrected chi connectivity index (χ4v) is 9.55. The monoisotopic (exact) mass is 758 g/mol. The molecule has 1 aliphatic rings. The van der Waals surface area contributed by atoms with Crippen LogP contribution >= 0.6 is 0 Å². The molecular weight excluding hydrogens is 715 g/mol. The lowest BCUT2D eigenvalue weighted by molar-refractivity contribution is 0.673. The summed E-state index contributed by atoms with van der Waals surface area (Å²) in [5.41, 5.74) is 10.1. The largest absolute Gasteiger partial charge is 0.455 e. The van der Waals surface area contributed by atoms with Gasteiger partial charge in [0.05, 0.1) is 20.7 Å². The van der Waals surface area contributed by atoms with E-state index < -0.39 is 35.6 Å². The molecule has 0 atom stereocenters. The minimum atomic E-state index is -0.777. The molecule has 2 heteroatoms. The van der Waals surface area contributed by atoms with E-state index in [9.17, 15) is 4.11 Å². The van der Waals surface area contributed by atoms with Gasteiger partial charge in [-0.3, -0.25) is 0 Å². The van der Waals surface area contributed by atoms with Crippen LogP contribution in [0.4, 0.5) is 17.1 Å². The van der Waals surface area contributed by atoms with Gasteiger partial charge in [-0.25, -0.2) is 0 Å². The van der Waals surface area contributed by atoms with Crippen LogP contribution in [0, 0.1) is 0 Å². The molecular formula is C57H37NO. The van der Waals surface area contributed by atoms with Crippen LogP contribution in [0.2, 0.25) is 0 Å². The average molecular weight is 759 g/mol. The van der Waals surface area contributed by atoms with Crippen molar-refractivity contribution in [2.45, 2.75) is 5.41 Å². The molecule has 1 aliphatic carbocycles. The molecule has 11 aromatic rings. The maximum atomic E-state index is 9.69. The Morgan fingerprint density at radius 1 is 0.441 bits per heavy atom. The van der Waals surface area contributed by atoms with Crippen LogP contribution in [-0.2, 0) is 5.41 Å². The third-order valence-electron chi connectivity index (χ3n) is 12.0. The topological polar surface area (TPSA) is 16.4 Å². The SMILES string of the molecule is [2H]c1c([2H])c([2H])c2c(N(c3cccc(-c4cccc5oc6c7ccccc7ccc6c45)c3)c3ccc4c(c3)C(c3ccccc3)(c3ccccc3)c3ccccc3-4)c([2H])c([2H])c([2H])c2c1[2H]. The molecule has 276 valence electrons. The molecule has 0 spiro atoms. The normalized spacial score (nSPS) is 14.5. The van der Waals surface area contributed by atoms with Gasteiger partial charge in [0, 0.05) is 32.9 Å². The van der Waals surface area contributed by atoms with Gasteiger partial charge in [-0.15, -0.1) is 0 Å². The van der Waals surface area contributed by atoms with E-state index in [-0.39, 0.29) is 28.5 Å². The molecule has 1 heterocycles. The van der Waals surface area contributed by atoms with Crippen molar-refractivity contribution in [2.24, 2.45) is 0 Å². The van der Waals surface area contributed by atoms with Gasteiger partial charge in [-0.05, 0) is 97.7 Å². The van der Waals surface area contributed by atoms with E-state index in [0.29, 0.717) is 11.4 Å². The third kappa shape index (κ3) is 5.00. The second-order valence-corrected chi connectivity index (χ2v) is 15.1. The Balaban J connectivity index is 1.18. The van der Waals surface area contributed by atoms with E-state index in [2.05, 4.69) is 115 Å². The first-order chi connectivity index (χ1) is 32.2. The highest BCUT2D eigenvalue weighted by atomic mass is 16.3. The van der Waals surface area contributed by atoms with Crippen molar-refractivity contribution >= 4 is 60.5 Å². The lowest BCUT2D eigenvalue weighted by Gasteiger charge is -2.35. The van der Waals surface area contributed by atoms with Crippen LogP contribution in [0.25, 0.3) is 65.7 Å². The van der Waals surface area contributed by atoms with Crippen LogP contribution in [0.3, 0.4) is 0 Å². The molecule has 2 nitrogen and oxygen atoms in total. The first kappa shape index (κ1) is 27.0. The van der Waals surface area contributed by atoms with Crippen LogP contribution in [0.15, 0.2) is 229 Å². The Bertz CT molecular complexity index is 3760. The lowest BCUT2D eigenvalue weighted by atomic mass is 9.67. The summed E-state index contributed by atoms with van der Waals surface area (Å²) in [5.74, 6) is 0. The molecule has 0 radical (unpaired) electrons. The Hall–Kier alpha value is -7.68. The molecule has 12 rings (SSSR count). The summed E-state index contributed by atoms with van der Waals surface area (Å²) in [4.78, 5) is 1.84. The van der Waals surface area contributed by atoms with Gasteiger partial charge >= 0.3 is 0 Å². The molecule has 0 saturated carbocycles. The number of anilines is 3. The standard InChI is InChI=1S/C57H37NO/c1-3-20-41(21-4-1)57(42-22-5-2-6-23-42)51-29-12-11-27-48(51)49-35-33-44(37-52(49)57)58(53-30-14-18-38-16-7-9-25-45(38)53)43-24-13-19-40(36-43)46-28-15-31-54-55(46)50-34-32-39-17-8-10-26-47(39)56(50)59-54/h1-37H/i7D,9D,14D,16D,18D,25D,30D. The molecule has 0 fully saturated rings. The van der Waals surface area contributed by atoms with Gasteiger partial charge < -0.3 is 9.32 Å². The van der Waals surface area contributed by atoms with Crippen LogP contribution in [-0.4, -0.2) is 0 Å². The first-order valence-corrected chi connectivity index (χ1v) is 19.8. The highest BCUT2D eigenvalue weighted by Crippen LogP contribution is 2.57. The van der Waals surface area contributed by atoms with Gasteiger partial charge in [0.2, 0.25) is 0 Å². The molecule has 0 aliphatic heterocycles. The fourth-order valence-electron chi connectivity index (χ4n) is 9.55. The third-order valence-corrected chi connectivity index (χ3v) is 12.0. The van der Waals surface area contributed by atoms with E-state index in [1.165, 1.54) is 0 Å². The molecule has 0 unspecified atom stereocenters. The van der Waals surface area contributed by atoms with Gasteiger partial charge in [0.15, 0.2) is 0 Å². The summed E-state index contributed by atoms with van der Waals surface area (Å²) >= 11 is 0. The van der Waals surface area contributed by atoms with Gasteiger partial charge in [-0.2, -0.15) is 0 Å². The Labute approximate surface area is 352 Å². The van der Waals surface area contributed by atoms with Crippen LogP contribution < -0.4 is 4.90 Å². The van der Waals surface area contributed by atoms with E-state index in [1.807, 2.05) is 71.6 Å². The van der Waals surface area contributed by atoms with Crippen molar-refractivity contribution in [3.8, 4) is 22.3 Å². The number of furan rings is 1. The summed E-state index contributed by atoms with van der Waals surface area (Å²) in [6, 6.07) is 58.8. The first-order valence-electron chi connectivity index (χ1n) is 23.3. The van der Waals surface area contributed by atoms with E-state index in [4.69, 9.17) is 9.90 Å². The molecule has 59 heavy (non-hydrogen) atoms. The maximum Gasteiger partial charge on any atom is 0.143 e. The highest BCUT2D eigenvalue weighted by Gasteiger charge is 2.46. The molecule has 0 saturated heterocycles. The smallest absolute Gasteiger partial charge is 0.143 e. The van der Waals surface area contributed by atoms with E-state index in [0.717, 1.165) is 77.2 Å². The second-order valence-electron chi connectivity index (χ2n) is 15.1. The zero-order valence-electron chi connectivity index (χ0n) is 38.7. The molecule has 0 N–H and O–H groups in total. The summed E-state index contributed by atoms with van der Waals surface area (Å²) in [6.45, 7) is 0. The van der Waals surface area contributed by atoms with Crippen molar-refractivity contribution in [2.75, 3.05) is 4.90 Å². The average Bonchev–Trinajstić information content (AvgIpc) is 3.90. The molecule has 10 aromatic carbocycles. The fraction of sp³-hybridized carbons (Fsp3) is 0.0175. The summed E-state index contributed by atoms with van der Waals surface area (Å²) in [5, 5.41) is 3.89. The van der Waals surface area contributed by atoms with Crippen molar-refractivity contribution < 1.29 is 14.0 Å². The van der Waals surface area contributed by atoms with Crippen molar-refractivity contribution in [1.29, 1.82) is 0 Å². The minimum Gasteiger partial charge on any atom is -0.455 e. The number of rotatable bonds is 6. The van der Waals surface area contributed by atoms with Crippen molar-refractivity contribution in [1.82, 2.24) is 0 Å². The summed E-state index contributed by atoms with van der Waals surface area (Å²) in [6.07, 6.45) is 0. The maximum absolute atomic E-state index is 9.69. The lowest BCUT2D eigenvalue weighted by Crippen LogP contribution is -2.28. The zero-order chi connectivity index (χ0) is 45.0. The Kier molecular flexibility index (Phi) is 6.05. The van der Waals surface area contributed by atoms with Crippen LogP contribution in [0.5, 0.6) is 0 Å². The Morgan fingerprint density at radius 2 is 1.14 bits per heavy atom. The number of hydrogen-bond donors (Lipinski definition) is 0. The molecule has 0 amide bonds. The van der Waals surface area contributed by atoms with Crippen LogP contribution in [0.1, 0.15) is 31.8 Å². The van der Waals surface area contributed by atoms with Crippen molar-refractivity contribution in [3.05, 3.63) is 247 Å². The molecule has 0 bridgehead atoms. The number of fused-ring (bicyclic) bond motifs is 9. The predicted octanol–water partition coefficient (Wildman–Crippen LogP) is 15.4. The van der Waals surface area contributed by atoms with Gasteiger partial charge in [-0.1, -0.05) is 182 Å². The zero-order valence-corrected chi connectivity index (χ0v) is 31.7. The summed E-state index contributed by atoms with van der Waals surface area (Å²) in [7, 11) is 0. The number of nitrogens with zero attached hydrogens (tertiary/aromatic N) is 1. The van der Waals surface area contributed by atoms with E-state index >= 15 is 0 Å². The quantitative estimate of drug-likeness (QED) is 0.168. The highest BCUT2D eigenvalue weighted by molar-refractivity contribution is 6.19. The van der Waals surface area contributed by atoms with Crippen molar-refractivity contribution in [3.63, 3.8) is 0 Å². The predicted molar refractivity (Wildman–Crippen MR) is 246 cm³/mol. The number of hydrogen-bond acceptors (Lipinski definition) is 2. The van der Waals surface area contributed by atoms with E-state index in [1.54, 1.807) is 0 Å². The number of benzene rings is 10. The summed E-state index contributed by atoms with van der Waals surface area (Å²) < 4.78 is 70.4. The Morgan fingerprint density at radius 3 is 2.00 bits per heavy atom. The van der Waals surface area contributed by atoms with Gasteiger partial charge in [0.1, 0.15) is 11.2 Å². The van der Waals surface area contributed by atoms with Gasteiger partial charge in [0.25, 0.3) is 0 Å². The molecule has 1 aromatic heterocycles. The second kappa shape index (κ2) is 13.2. The minimum absolute atomic E-state index is 0.00613.